The average molecular weight is 487 g/mol. The predicted molar refractivity (Wildman–Crippen MR) is 108 cm³/mol. The molecule has 0 spiro atoms. The Hall–Kier alpha value is -1.09. The quantitative estimate of drug-likeness (QED) is 0.453. The molecule has 0 unspecified atom stereocenters. The van der Waals surface area contributed by atoms with Gasteiger partial charge in [-0.25, -0.2) is 16.8 Å². The molecule has 0 bridgehead atoms. The molecule has 2 rings (SSSR count). The standard InChI is InChI=1S/C17H26O10S3/c1-4-28(20,21)17(29(22,23)5-2)16-15(14(19)13(18)10-26-16)27-30(24,25)12-8-6-11(3)7-9-12/h6-9,13-19H,4-5,10H2,1-3H3/t13-,14-,15+,16+/m1/s1. The number of aliphatic hydroxyl groups excluding tert-OH is 2. The van der Waals surface area contributed by atoms with Gasteiger partial charge in [-0.3, -0.25) is 4.18 Å². The molecule has 172 valence electrons. The lowest BCUT2D eigenvalue weighted by atomic mass is 10.0. The van der Waals surface area contributed by atoms with E-state index in [4.69, 9.17) is 8.92 Å². The molecule has 30 heavy (non-hydrogen) atoms. The molecule has 1 heterocycles. The molecule has 4 atom stereocenters. The van der Waals surface area contributed by atoms with E-state index in [-0.39, 0.29) is 4.90 Å². The van der Waals surface area contributed by atoms with Crippen molar-refractivity contribution in [3.05, 3.63) is 29.8 Å². The molecular weight excluding hydrogens is 460 g/mol. The lowest BCUT2D eigenvalue weighted by Crippen LogP contribution is -2.61. The van der Waals surface area contributed by atoms with Crippen molar-refractivity contribution in [3.63, 3.8) is 0 Å². The summed E-state index contributed by atoms with van der Waals surface area (Å²) in [7, 11) is -13.2. The summed E-state index contributed by atoms with van der Waals surface area (Å²) in [4.78, 5) is -0.285. The summed E-state index contributed by atoms with van der Waals surface area (Å²) in [5, 5.41) is 20.3. The Labute approximate surface area is 176 Å². The third-order valence-electron chi connectivity index (χ3n) is 4.84. The number of aliphatic hydroxyl groups is 2. The van der Waals surface area contributed by atoms with E-state index in [1.54, 1.807) is 6.92 Å². The second kappa shape index (κ2) is 9.18. The lowest BCUT2D eigenvalue weighted by molar-refractivity contribution is -0.173. The van der Waals surface area contributed by atoms with Gasteiger partial charge in [0, 0.05) is 11.5 Å². The lowest BCUT2D eigenvalue weighted by Gasteiger charge is -2.40. The van der Waals surface area contributed by atoms with Gasteiger partial charge in [0.05, 0.1) is 11.5 Å². The Morgan fingerprint density at radius 1 is 1.00 bits per heavy atom. The minimum atomic E-state index is -4.54. The summed E-state index contributed by atoms with van der Waals surface area (Å²) in [6, 6.07) is 5.50. The van der Waals surface area contributed by atoms with Crippen molar-refractivity contribution in [1.82, 2.24) is 0 Å². The highest BCUT2D eigenvalue weighted by molar-refractivity contribution is 8.09. The minimum Gasteiger partial charge on any atom is -0.388 e. The van der Waals surface area contributed by atoms with Crippen LogP contribution in [0.25, 0.3) is 0 Å². The first-order valence-electron chi connectivity index (χ1n) is 9.17. The molecule has 0 amide bonds. The summed E-state index contributed by atoms with van der Waals surface area (Å²) in [6.07, 6.45) is -7.33. The second-order valence-electron chi connectivity index (χ2n) is 6.96. The van der Waals surface area contributed by atoms with Gasteiger partial charge in [0.25, 0.3) is 10.1 Å². The van der Waals surface area contributed by atoms with E-state index in [0.29, 0.717) is 0 Å². The Balaban J connectivity index is 2.55. The molecule has 1 aliphatic heterocycles. The first-order valence-corrected chi connectivity index (χ1v) is 14.0. The van der Waals surface area contributed by atoms with Crippen LogP contribution < -0.4 is 0 Å². The Morgan fingerprint density at radius 2 is 1.50 bits per heavy atom. The number of aryl methyl sites for hydroxylation is 1. The first kappa shape index (κ1) is 25.2. The van der Waals surface area contributed by atoms with Gasteiger partial charge in [0.2, 0.25) is 0 Å². The summed E-state index contributed by atoms with van der Waals surface area (Å²) in [6.45, 7) is 3.62. The molecule has 1 aromatic rings. The van der Waals surface area contributed by atoms with Gasteiger partial charge in [0.15, 0.2) is 24.3 Å². The number of ether oxygens (including phenoxy) is 1. The maximum absolute atomic E-state index is 12.7. The van der Waals surface area contributed by atoms with E-state index >= 15 is 0 Å². The van der Waals surface area contributed by atoms with Gasteiger partial charge in [-0.15, -0.1) is 0 Å². The van der Waals surface area contributed by atoms with Crippen molar-refractivity contribution in [2.45, 2.75) is 54.7 Å². The van der Waals surface area contributed by atoms with Crippen molar-refractivity contribution < 1.29 is 44.4 Å². The second-order valence-corrected chi connectivity index (χ2v) is 13.6. The van der Waals surface area contributed by atoms with Gasteiger partial charge in [-0.05, 0) is 19.1 Å². The number of benzene rings is 1. The molecule has 0 aromatic heterocycles. The third kappa shape index (κ3) is 5.21. The topological polar surface area (TPSA) is 161 Å². The normalized spacial score (nSPS) is 26.1. The highest BCUT2D eigenvalue weighted by atomic mass is 32.3. The molecule has 1 fully saturated rings. The van der Waals surface area contributed by atoms with E-state index in [1.807, 2.05) is 0 Å². The highest BCUT2D eigenvalue weighted by Gasteiger charge is 2.53. The van der Waals surface area contributed by atoms with Crippen LogP contribution in [0.4, 0.5) is 0 Å². The number of hydrogen-bond donors (Lipinski definition) is 2. The highest BCUT2D eigenvalue weighted by Crippen LogP contribution is 2.31. The van der Waals surface area contributed by atoms with Crippen LogP contribution in [0, 0.1) is 6.92 Å². The van der Waals surface area contributed by atoms with E-state index in [0.717, 1.165) is 5.56 Å². The van der Waals surface area contributed by atoms with E-state index in [2.05, 4.69) is 0 Å². The van der Waals surface area contributed by atoms with E-state index in [9.17, 15) is 35.5 Å². The van der Waals surface area contributed by atoms with Gasteiger partial charge in [0.1, 0.15) is 24.4 Å². The van der Waals surface area contributed by atoms with Crippen molar-refractivity contribution in [3.8, 4) is 0 Å². The molecular formula is C17H26O10S3. The smallest absolute Gasteiger partial charge is 0.297 e. The zero-order valence-corrected chi connectivity index (χ0v) is 19.2. The monoisotopic (exact) mass is 486 g/mol. The summed E-state index contributed by atoms with van der Waals surface area (Å²) < 4.78 is 84.0. The van der Waals surface area contributed by atoms with Crippen LogP contribution in [-0.2, 0) is 38.7 Å². The molecule has 0 saturated carbocycles. The molecule has 1 aromatic carbocycles. The third-order valence-corrected chi connectivity index (χ3v) is 11.5. The van der Waals surface area contributed by atoms with Crippen LogP contribution in [0.3, 0.4) is 0 Å². The van der Waals surface area contributed by atoms with Crippen molar-refractivity contribution >= 4 is 29.8 Å². The van der Waals surface area contributed by atoms with Crippen LogP contribution in [-0.4, -0.2) is 82.6 Å². The molecule has 1 aliphatic rings. The maximum Gasteiger partial charge on any atom is 0.297 e. The zero-order chi connectivity index (χ0) is 22.9. The number of sulfone groups is 2. The summed E-state index contributed by atoms with van der Waals surface area (Å²) in [5.74, 6) is -1.13. The Morgan fingerprint density at radius 3 is 1.97 bits per heavy atom. The van der Waals surface area contributed by atoms with Gasteiger partial charge >= 0.3 is 0 Å². The maximum atomic E-state index is 12.7. The molecule has 10 nitrogen and oxygen atoms in total. The first-order chi connectivity index (χ1) is 13.8. The van der Waals surface area contributed by atoms with Crippen LogP contribution in [0.2, 0.25) is 0 Å². The average Bonchev–Trinajstić information content (AvgIpc) is 2.67. The molecule has 1 saturated heterocycles. The molecule has 0 radical (unpaired) electrons. The number of rotatable bonds is 8. The van der Waals surface area contributed by atoms with E-state index < -0.39 is 76.9 Å². The number of hydrogen-bond acceptors (Lipinski definition) is 10. The van der Waals surface area contributed by atoms with Gasteiger partial charge < -0.3 is 14.9 Å². The molecule has 2 N–H and O–H groups in total. The predicted octanol–water partition coefficient (Wildman–Crippen LogP) is -0.615. The fourth-order valence-electron chi connectivity index (χ4n) is 3.03. The molecule has 0 aliphatic carbocycles. The van der Waals surface area contributed by atoms with Crippen molar-refractivity contribution in [2.75, 3.05) is 18.1 Å². The SMILES string of the molecule is CCS(=O)(=O)C([C@H]1OC[C@@H](O)[C@@H](O)[C@@H]1OS(=O)(=O)c1ccc(C)cc1)S(=O)(=O)CC. The Bertz CT molecular complexity index is 1010. The van der Waals surface area contributed by atoms with Crippen LogP contribution in [0.15, 0.2) is 29.2 Å². The van der Waals surface area contributed by atoms with Crippen molar-refractivity contribution in [1.29, 1.82) is 0 Å². The summed E-state index contributed by atoms with van der Waals surface area (Å²) >= 11 is 0. The van der Waals surface area contributed by atoms with Crippen molar-refractivity contribution in [2.24, 2.45) is 0 Å². The largest absolute Gasteiger partial charge is 0.388 e. The van der Waals surface area contributed by atoms with Crippen LogP contribution >= 0.6 is 0 Å². The molecule has 13 heteroatoms. The zero-order valence-electron chi connectivity index (χ0n) is 16.7. The fraction of sp³-hybridized carbons (Fsp3) is 0.647. The van der Waals surface area contributed by atoms with Crippen LogP contribution in [0.1, 0.15) is 19.4 Å². The minimum absolute atomic E-state index is 0.285. The van der Waals surface area contributed by atoms with Gasteiger partial charge in [-0.1, -0.05) is 31.5 Å². The van der Waals surface area contributed by atoms with Gasteiger partial charge in [-0.2, -0.15) is 8.42 Å². The Kier molecular flexibility index (Phi) is 7.71. The van der Waals surface area contributed by atoms with E-state index in [1.165, 1.54) is 38.1 Å². The fourth-order valence-corrected chi connectivity index (χ4v) is 8.67. The summed E-state index contributed by atoms with van der Waals surface area (Å²) in [5.41, 5.74) is 0.770. The van der Waals surface area contributed by atoms with Crippen LogP contribution in [0.5, 0.6) is 0 Å².